The molecule has 1 aromatic rings. The van der Waals surface area contributed by atoms with Gasteiger partial charge < -0.3 is 9.64 Å². The Morgan fingerprint density at radius 3 is 2.17 bits per heavy atom. The van der Waals surface area contributed by atoms with Crippen LogP contribution in [0.25, 0.3) is 0 Å². The van der Waals surface area contributed by atoms with Crippen LogP contribution in [0.5, 0.6) is 0 Å². The average molecular weight is 360 g/mol. The molecule has 1 aromatic carbocycles. The molecule has 0 aromatic heterocycles. The van der Waals surface area contributed by atoms with Crippen LogP contribution in [0.15, 0.2) is 24.3 Å². The number of rotatable bonds is 12. The molecule has 0 radical (unpaired) electrons. The molecule has 0 aliphatic rings. The van der Waals surface area contributed by atoms with Crippen molar-refractivity contribution in [3.05, 3.63) is 29.8 Å². The second-order valence-corrected chi connectivity index (χ2v) is 6.28. The third-order valence-corrected chi connectivity index (χ3v) is 4.17. The summed E-state index contributed by atoms with van der Waals surface area (Å²) in [6, 6.07) is 8.65. The molecule has 3 nitrogen and oxygen atoms in total. The number of carbonyl (C=O) groups excluding carboxylic acids is 1. The second-order valence-electron chi connectivity index (χ2n) is 5.52. The van der Waals surface area contributed by atoms with Gasteiger partial charge in [-0.1, -0.05) is 25.0 Å². The van der Waals surface area contributed by atoms with Gasteiger partial charge in [0.25, 0.3) is 0 Å². The summed E-state index contributed by atoms with van der Waals surface area (Å²) in [5, 5.41) is 0. The number of carbonyl (C=O) groups is 1. The first-order chi connectivity index (χ1) is 11.2. The van der Waals surface area contributed by atoms with Crippen LogP contribution < -0.4 is 4.90 Å². The highest BCUT2D eigenvalue weighted by molar-refractivity contribution is 6.18. The van der Waals surface area contributed by atoms with E-state index in [1.165, 1.54) is 18.4 Å². The average Bonchev–Trinajstić information content (AvgIpc) is 2.58. The van der Waals surface area contributed by atoms with E-state index < -0.39 is 0 Å². The Morgan fingerprint density at radius 2 is 1.61 bits per heavy atom. The fourth-order valence-corrected chi connectivity index (χ4v) is 2.91. The Labute approximate surface area is 149 Å². The standard InChI is InChI=1S/C18H27Cl2NO2/c1-23-18(22)7-5-3-2-4-6-16-8-10-17(11-9-16)21(14-12-19)15-13-20/h8-11H,2-7,12-15H2,1H3. The number of ether oxygens (including phenoxy) is 1. The van der Waals surface area contributed by atoms with Crippen LogP contribution in [0.3, 0.4) is 0 Å². The summed E-state index contributed by atoms with van der Waals surface area (Å²) in [4.78, 5) is 13.2. The minimum atomic E-state index is -0.112. The third-order valence-electron chi connectivity index (χ3n) is 3.83. The molecule has 0 spiro atoms. The first-order valence-corrected chi connectivity index (χ1v) is 9.30. The van der Waals surface area contributed by atoms with Crippen LogP contribution in [0.2, 0.25) is 0 Å². The Bertz CT molecular complexity index is 431. The minimum absolute atomic E-state index is 0.112. The molecule has 130 valence electrons. The van der Waals surface area contributed by atoms with Crippen molar-refractivity contribution in [3.63, 3.8) is 0 Å². The molecular weight excluding hydrogens is 333 g/mol. The van der Waals surface area contributed by atoms with Gasteiger partial charge in [0, 0.05) is 37.0 Å². The van der Waals surface area contributed by atoms with Crippen molar-refractivity contribution >= 4 is 34.9 Å². The van der Waals surface area contributed by atoms with Gasteiger partial charge in [-0.05, 0) is 37.0 Å². The number of hydrogen-bond donors (Lipinski definition) is 0. The van der Waals surface area contributed by atoms with Crippen LogP contribution in [-0.2, 0) is 16.0 Å². The van der Waals surface area contributed by atoms with Crippen molar-refractivity contribution in [2.75, 3.05) is 36.9 Å². The molecule has 0 unspecified atom stereocenters. The number of halogens is 2. The normalized spacial score (nSPS) is 10.6. The van der Waals surface area contributed by atoms with E-state index in [0.29, 0.717) is 18.2 Å². The van der Waals surface area contributed by atoms with Crippen molar-refractivity contribution in [1.29, 1.82) is 0 Å². The Kier molecular flexibility index (Phi) is 10.9. The fourth-order valence-electron chi connectivity index (χ4n) is 2.50. The quantitative estimate of drug-likeness (QED) is 0.309. The number of alkyl halides is 2. The summed E-state index contributed by atoms with van der Waals surface area (Å²) in [6.45, 7) is 1.63. The lowest BCUT2D eigenvalue weighted by Gasteiger charge is -2.23. The van der Waals surface area contributed by atoms with Crippen LogP contribution in [0.4, 0.5) is 5.69 Å². The molecule has 0 heterocycles. The second kappa shape index (κ2) is 12.5. The SMILES string of the molecule is COC(=O)CCCCCCc1ccc(N(CCCl)CCCl)cc1. The zero-order chi connectivity index (χ0) is 16.9. The summed E-state index contributed by atoms with van der Waals surface area (Å²) in [5.74, 6) is 1.09. The van der Waals surface area contributed by atoms with Crippen molar-refractivity contribution in [2.24, 2.45) is 0 Å². The van der Waals surface area contributed by atoms with E-state index in [2.05, 4.69) is 33.9 Å². The van der Waals surface area contributed by atoms with E-state index in [1.807, 2.05) is 0 Å². The maximum atomic E-state index is 11.0. The summed E-state index contributed by atoms with van der Waals surface area (Å²) in [5.41, 5.74) is 2.52. The lowest BCUT2D eigenvalue weighted by Crippen LogP contribution is -2.27. The highest BCUT2D eigenvalue weighted by atomic mass is 35.5. The van der Waals surface area contributed by atoms with Gasteiger partial charge in [0.2, 0.25) is 0 Å². The number of hydrogen-bond acceptors (Lipinski definition) is 3. The van der Waals surface area contributed by atoms with Crippen LogP contribution >= 0.6 is 23.2 Å². The topological polar surface area (TPSA) is 29.5 Å². The largest absolute Gasteiger partial charge is 0.469 e. The van der Waals surface area contributed by atoms with E-state index >= 15 is 0 Å². The monoisotopic (exact) mass is 359 g/mol. The predicted molar refractivity (Wildman–Crippen MR) is 98.9 cm³/mol. The number of aryl methyl sites for hydroxylation is 1. The smallest absolute Gasteiger partial charge is 0.305 e. The Balaban J connectivity index is 2.29. The van der Waals surface area contributed by atoms with Gasteiger partial charge in [-0.25, -0.2) is 0 Å². The van der Waals surface area contributed by atoms with Crippen LogP contribution in [0.1, 0.15) is 37.7 Å². The van der Waals surface area contributed by atoms with Crippen molar-refractivity contribution in [1.82, 2.24) is 0 Å². The molecule has 0 aliphatic heterocycles. The molecule has 23 heavy (non-hydrogen) atoms. The minimum Gasteiger partial charge on any atom is -0.469 e. The molecule has 0 N–H and O–H groups in total. The zero-order valence-electron chi connectivity index (χ0n) is 13.9. The number of unbranched alkanes of at least 4 members (excludes halogenated alkanes) is 3. The molecule has 0 bridgehead atoms. The van der Waals surface area contributed by atoms with E-state index in [9.17, 15) is 4.79 Å². The fraction of sp³-hybridized carbons (Fsp3) is 0.611. The van der Waals surface area contributed by atoms with Crippen molar-refractivity contribution in [3.8, 4) is 0 Å². The van der Waals surface area contributed by atoms with Gasteiger partial charge in [-0.15, -0.1) is 23.2 Å². The molecule has 5 heteroatoms. The highest BCUT2D eigenvalue weighted by Crippen LogP contribution is 2.17. The third kappa shape index (κ3) is 8.47. The summed E-state index contributed by atoms with van der Waals surface area (Å²) < 4.78 is 4.63. The lowest BCUT2D eigenvalue weighted by molar-refractivity contribution is -0.140. The van der Waals surface area contributed by atoms with Gasteiger partial charge in [-0.3, -0.25) is 4.79 Å². The number of nitrogens with zero attached hydrogens (tertiary/aromatic N) is 1. The maximum Gasteiger partial charge on any atom is 0.305 e. The number of esters is 1. The van der Waals surface area contributed by atoms with Gasteiger partial charge in [-0.2, -0.15) is 0 Å². The summed E-state index contributed by atoms with van der Waals surface area (Å²) in [6.07, 6.45) is 5.88. The van der Waals surface area contributed by atoms with Crippen molar-refractivity contribution < 1.29 is 9.53 Å². The zero-order valence-corrected chi connectivity index (χ0v) is 15.4. The summed E-state index contributed by atoms with van der Waals surface area (Å²) in [7, 11) is 1.44. The molecule has 0 atom stereocenters. The van der Waals surface area contributed by atoms with Gasteiger partial charge >= 0.3 is 5.97 Å². The molecule has 1 rings (SSSR count). The number of benzene rings is 1. The van der Waals surface area contributed by atoms with E-state index in [-0.39, 0.29) is 5.97 Å². The molecule has 0 aliphatic carbocycles. The van der Waals surface area contributed by atoms with Gasteiger partial charge in [0.1, 0.15) is 0 Å². The molecular formula is C18H27Cl2NO2. The van der Waals surface area contributed by atoms with Crippen molar-refractivity contribution in [2.45, 2.75) is 38.5 Å². The molecule has 0 saturated heterocycles. The summed E-state index contributed by atoms with van der Waals surface area (Å²) >= 11 is 11.7. The lowest BCUT2D eigenvalue weighted by atomic mass is 10.0. The van der Waals surface area contributed by atoms with E-state index in [0.717, 1.165) is 45.2 Å². The Morgan fingerprint density at radius 1 is 1.00 bits per heavy atom. The first-order valence-electron chi connectivity index (χ1n) is 8.24. The van der Waals surface area contributed by atoms with Gasteiger partial charge in [0.05, 0.1) is 7.11 Å². The van der Waals surface area contributed by atoms with E-state index in [4.69, 9.17) is 23.2 Å². The molecule has 0 saturated carbocycles. The Hall–Kier alpha value is -0.930. The van der Waals surface area contributed by atoms with Gasteiger partial charge in [0.15, 0.2) is 0 Å². The van der Waals surface area contributed by atoms with Crippen LogP contribution in [-0.4, -0.2) is 37.9 Å². The van der Waals surface area contributed by atoms with E-state index in [1.54, 1.807) is 0 Å². The first kappa shape index (κ1) is 20.1. The predicted octanol–water partition coefficient (Wildman–Crippen LogP) is 4.64. The maximum absolute atomic E-state index is 11.0. The number of anilines is 1. The van der Waals surface area contributed by atoms with Crippen LogP contribution in [0, 0.1) is 0 Å². The molecule has 0 fully saturated rings. The molecule has 0 amide bonds. The highest BCUT2D eigenvalue weighted by Gasteiger charge is 2.05. The number of methoxy groups -OCH3 is 1.